The van der Waals surface area contributed by atoms with Gasteiger partial charge < -0.3 is 18.7 Å². The zero-order valence-electron chi connectivity index (χ0n) is 16.5. The van der Waals surface area contributed by atoms with Crippen molar-refractivity contribution in [3.05, 3.63) is 47.4 Å². The molecule has 1 atom stereocenters. The second kappa shape index (κ2) is 8.52. The number of aromatic nitrogens is 4. The predicted molar refractivity (Wildman–Crippen MR) is 102 cm³/mol. The van der Waals surface area contributed by atoms with E-state index in [0.29, 0.717) is 48.3 Å². The fraction of sp³-hybridized carbons (Fsp3) is 0.450. The number of aryl methyl sites for hydroxylation is 2. The van der Waals surface area contributed by atoms with Gasteiger partial charge in [-0.2, -0.15) is 4.98 Å². The molecule has 0 N–H and O–H groups in total. The van der Waals surface area contributed by atoms with Gasteiger partial charge in [-0.3, -0.25) is 9.78 Å². The molecule has 1 unspecified atom stereocenters. The second-order valence-corrected chi connectivity index (χ2v) is 7.08. The topological polar surface area (TPSA) is 107 Å². The largest absolute Gasteiger partial charge is 0.380 e. The van der Waals surface area contributed by atoms with Gasteiger partial charge >= 0.3 is 0 Å². The normalized spacial score (nSPS) is 16.5. The van der Waals surface area contributed by atoms with E-state index >= 15 is 0 Å². The number of carbonyl (C=O) groups is 1. The van der Waals surface area contributed by atoms with Crippen LogP contribution in [0, 0.1) is 6.92 Å². The van der Waals surface area contributed by atoms with Crippen molar-refractivity contribution in [3.63, 3.8) is 0 Å². The average molecular weight is 397 g/mol. The summed E-state index contributed by atoms with van der Waals surface area (Å²) >= 11 is 0. The maximum Gasteiger partial charge on any atom is 0.276 e. The Hall–Kier alpha value is -3.07. The molecule has 1 amide bonds. The van der Waals surface area contributed by atoms with Crippen molar-refractivity contribution in [1.82, 2.24) is 25.2 Å². The fourth-order valence-corrected chi connectivity index (χ4v) is 3.68. The molecule has 0 radical (unpaired) electrons. The molecule has 4 rings (SSSR count). The monoisotopic (exact) mass is 397 g/mol. The SMILES string of the molecule is COCc1c(C(=O)N2CCCC2CCc2noc(-c3ccncc3)n2)noc1C. The first kappa shape index (κ1) is 19.3. The molecular formula is C20H23N5O4. The van der Waals surface area contributed by atoms with Gasteiger partial charge in [0.2, 0.25) is 0 Å². The van der Waals surface area contributed by atoms with Gasteiger partial charge in [-0.25, -0.2) is 0 Å². The summed E-state index contributed by atoms with van der Waals surface area (Å²) in [6.07, 6.45) is 6.66. The third-order valence-electron chi connectivity index (χ3n) is 5.21. The van der Waals surface area contributed by atoms with E-state index in [1.165, 1.54) is 0 Å². The Labute approximate surface area is 168 Å². The van der Waals surface area contributed by atoms with Gasteiger partial charge in [0, 0.05) is 44.1 Å². The Morgan fingerprint density at radius 3 is 2.90 bits per heavy atom. The van der Waals surface area contributed by atoms with Crippen molar-refractivity contribution in [2.24, 2.45) is 0 Å². The first-order chi connectivity index (χ1) is 14.2. The zero-order valence-corrected chi connectivity index (χ0v) is 16.5. The van der Waals surface area contributed by atoms with Crippen LogP contribution in [-0.2, 0) is 17.8 Å². The summed E-state index contributed by atoms with van der Waals surface area (Å²) in [5.41, 5.74) is 1.89. The van der Waals surface area contributed by atoms with Crippen LogP contribution in [0.15, 0.2) is 33.6 Å². The molecule has 1 aliphatic heterocycles. The molecule has 0 spiro atoms. The minimum absolute atomic E-state index is 0.109. The van der Waals surface area contributed by atoms with Gasteiger partial charge in [-0.05, 0) is 38.3 Å². The van der Waals surface area contributed by atoms with Crippen molar-refractivity contribution in [2.45, 2.75) is 45.3 Å². The lowest BCUT2D eigenvalue weighted by molar-refractivity contribution is 0.0715. The van der Waals surface area contributed by atoms with E-state index < -0.39 is 0 Å². The Kier molecular flexibility index (Phi) is 5.66. The van der Waals surface area contributed by atoms with E-state index in [0.717, 1.165) is 24.8 Å². The van der Waals surface area contributed by atoms with Gasteiger partial charge in [-0.15, -0.1) is 0 Å². The van der Waals surface area contributed by atoms with Crippen LogP contribution >= 0.6 is 0 Å². The lowest BCUT2D eigenvalue weighted by Crippen LogP contribution is -2.36. The number of rotatable bonds is 7. The van der Waals surface area contributed by atoms with Gasteiger partial charge in [0.15, 0.2) is 11.5 Å². The van der Waals surface area contributed by atoms with Gasteiger partial charge in [0.1, 0.15) is 5.76 Å². The van der Waals surface area contributed by atoms with Crippen LogP contribution < -0.4 is 0 Å². The molecule has 0 aliphatic carbocycles. The van der Waals surface area contributed by atoms with E-state index in [2.05, 4.69) is 20.3 Å². The van der Waals surface area contributed by atoms with Crippen molar-refractivity contribution in [1.29, 1.82) is 0 Å². The summed E-state index contributed by atoms with van der Waals surface area (Å²) < 4.78 is 15.8. The van der Waals surface area contributed by atoms with Gasteiger partial charge in [0.05, 0.1) is 12.2 Å². The number of hydrogen-bond acceptors (Lipinski definition) is 8. The first-order valence-corrected chi connectivity index (χ1v) is 9.65. The van der Waals surface area contributed by atoms with E-state index in [1.807, 2.05) is 17.0 Å². The molecule has 152 valence electrons. The minimum atomic E-state index is -0.109. The van der Waals surface area contributed by atoms with Crippen LogP contribution in [0.25, 0.3) is 11.5 Å². The van der Waals surface area contributed by atoms with Crippen LogP contribution in [0.5, 0.6) is 0 Å². The Bertz CT molecular complexity index is 968. The summed E-state index contributed by atoms with van der Waals surface area (Å²) in [5.74, 6) is 1.61. The minimum Gasteiger partial charge on any atom is -0.380 e. The third kappa shape index (κ3) is 4.04. The smallest absolute Gasteiger partial charge is 0.276 e. The van der Waals surface area contributed by atoms with Crippen molar-refractivity contribution >= 4 is 5.91 Å². The van der Waals surface area contributed by atoms with Crippen molar-refractivity contribution in [3.8, 4) is 11.5 Å². The van der Waals surface area contributed by atoms with Gasteiger partial charge in [-0.1, -0.05) is 10.3 Å². The lowest BCUT2D eigenvalue weighted by Gasteiger charge is -2.23. The Balaban J connectivity index is 1.42. The van der Waals surface area contributed by atoms with E-state index in [1.54, 1.807) is 26.4 Å². The van der Waals surface area contributed by atoms with Crippen molar-refractivity contribution in [2.75, 3.05) is 13.7 Å². The molecule has 3 aromatic heterocycles. The summed E-state index contributed by atoms with van der Waals surface area (Å²) in [5, 5.41) is 8.05. The quantitative estimate of drug-likeness (QED) is 0.599. The summed E-state index contributed by atoms with van der Waals surface area (Å²) in [6.45, 7) is 2.79. The lowest BCUT2D eigenvalue weighted by atomic mass is 10.1. The summed E-state index contributed by atoms with van der Waals surface area (Å²) in [4.78, 5) is 23.4. The summed E-state index contributed by atoms with van der Waals surface area (Å²) in [7, 11) is 1.59. The number of carbonyl (C=O) groups excluding carboxylic acids is 1. The zero-order chi connectivity index (χ0) is 20.2. The molecular weight excluding hydrogens is 374 g/mol. The molecule has 1 saturated heterocycles. The highest BCUT2D eigenvalue weighted by Crippen LogP contribution is 2.26. The van der Waals surface area contributed by atoms with Crippen LogP contribution in [0.1, 0.15) is 46.9 Å². The molecule has 0 bridgehead atoms. The van der Waals surface area contributed by atoms with Crippen LogP contribution in [0.3, 0.4) is 0 Å². The highest BCUT2D eigenvalue weighted by molar-refractivity contribution is 5.94. The molecule has 1 fully saturated rings. The van der Waals surface area contributed by atoms with E-state index in [9.17, 15) is 4.79 Å². The van der Waals surface area contributed by atoms with Crippen LogP contribution in [0.2, 0.25) is 0 Å². The molecule has 3 aromatic rings. The number of nitrogens with zero attached hydrogens (tertiary/aromatic N) is 5. The third-order valence-corrected chi connectivity index (χ3v) is 5.21. The fourth-order valence-electron chi connectivity index (χ4n) is 3.68. The number of likely N-dealkylation sites (tertiary alicyclic amines) is 1. The number of methoxy groups -OCH3 is 1. The molecule has 1 aliphatic rings. The van der Waals surface area contributed by atoms with Crippen LogP contribution in [-0.4, -0.2) is 50.8 Å². The summed E-state index contributed by atoms with van der Waals surface area (Å²) in [6, 6.07) is 3.76. The number of amides is 1. The number of pyridine rings is 1. The maximum absolute atomic E-state index is 13.1. The molecule has 29 heavy (non-hydrogen) atoms. The van der Waals surface area contributed by atoms with E-state index in [4.69, 9.17) is 13.8 Å². The van der Waals surface area contributed by atoms with Gasteiger partial charge in [0.25, 0.3) is 11.8 Å². The van der Waals surface area contributed by atoms with Crippen LogP contribution in [0.4, 0.5) is 0 Å². The number of ether oxygens (including phenoxy) is 1. The average Bonchev–Trinajstić information content (AvgIpc) is 3.48. The molecule has 9 nitrogen and oxygen atoms in total. The highest BCUT2D eigenvalue weighted by atomic mass is 16.5. The Morgan fingerprint density at radius 1 is 1.28 bits per heavy atom. The standard InChI is InChI=1S/C20H23N5O4/c1-13-16(12-27-2)18(24-28-13)20(26)25-11-3-4-15(25)5-6-17-22-19(29-23-17)14-7-9-21-10-8-14/h7-10,15H,3-6,11-12H2,1-2H3. The number of hydrogen-bond donors (Lipinski definition) is 0. The first-order valence-electron chi connectivity index (χ1n) is 9.65. The molecule has 0 aromatic carbocycles. The Morgan fingerprint density at radius 2 is 2.10 bits per heavy atom. The molecule has 4 heterocycles. The van der Waals surface area contributed by atoms with E-state index in [-0.39, 0.29) is 11.9 Å². The second-order valence-electron chi connectivity index (χ2n) is 7.08. The molecule has 9 heteroatoms. The maximum atomic E-state index is 13.1. The van der Waals surface area contributed by atoms with Crippen molar-refractivity contribution < 1.29 is 18.6 Å². The predicted octanol–water partition coefficient (Wildman–Crippen LogP) is 2.81. The molecule has 0 saturated carbocycles. The highest BCUT2D eigenvalue weighted by Gasteiger charge is 2.33.